The fourth-order valence-electron chi connectivity index (χ4n) is 3.01. The van der Waals surface area contributed by atoms with Gasteiger partial charge in [0.2, 0.25) is 5.91 Å². The zero-order valence-corrected chi connectivity index (χ0v) is 16.8. The van der Waals surface area contributed by atoms with Gasteiger partial charge in [-0.15, -0.1) is 23.1 Å². The lowest BCUT2D eigenvalue weighted by atomic mass is 10.2. The maximum atomic E-state index is 12.9. The van der Waals surface area contributed by atoms with E-state index in [1.54, 1.807) is 23.9 Å². The van der Waals surface area contributed by atoms with Gasteiger partial charge in [0, 0.05) is 16.8 Å². The Labute approximate surface area is 171 Å². The van der Waals surface area contributed by atoms with Crippen LogP contribution in [-0.2, 0) is 17.8 Å². The number of benzene rings is 2. The van der Waals surface area contributed by atoms with Gasteiger partial charge in [0.15, 0.2) is 0 Å². The molecule has 4 rings (SSSR count). The molecule has 0 fully saturated rings. The lowest BCUT2D eigenvalue weighted by molar-refractivity contribution is -0.118. The number of carbonyl (C=O) groups excluding carboxylic acids is 1. The summed E-state index contributed by atoms with van der Waals surface area (Å²) in [5.41, 5.74) is 1.74. The van der Waals surface area contributed by atoms with Gasteiger partial charge < -0.3 is 9.64 Å². The van der Waals surface area contributed by atoms with Crippen LogP contribution in [0.25, 0.3) is 0 Å². The molecule has 2 heterocycles. The molecule has 0 atom stereocenters. The number of ether oxygens (including phenoxy) is 1. The number of anilines is 1. The van der Waals surface area contributed by atoms with E-state index in [1.165, 1.54) is 23.5 Å². The van der Waals surface area contributed by atoms with Crippen molar-refractivity contribution in [3.63, 3.8) is 0 Å². The van der Waals surface area contributed by atoms with E-state index in [4.69, 9.17) is 4.74 Å². The molecule has 1 aliphatic heterocycles. The molecule has 7 heteroatoms. The second kappa shape index (κ2) is 8.75. The van der Waals surface area contributed by atoms with E-state index in [9.17, 15) is 9.18 Å². The Kier molecular flexibility index (Phi) is 5.92. The summed E-state index contributed by atoms with van der Waals surface area (Å²) in [7, 11) is 0. The van der Waals surface area contributed by atoms with Crippen molar-refractivity contribution in [2.45, 2.75) is 24.3 Å². The van der Waals surface area contributed by atoms with Crippen molar-refractivity contribution in [2.24, 2.45) is 0 Å². The number of aromatic nitrogens is 1. The highest BCUT2D eigenvalue weighted by Gasteiger charge is 2.22. The number of carbonyl (C=O) groups is 1. The lowest BCUT2D eigenvalue weighted by Crippen LogP contribution is -2.33. The van der Waals surface area contributed by atoms with Crippen molar-refractivity contribution in [1.29, 1.82) is 0 Å². The summed E-state index contributed by atoms with van der Waals surface area (Å²) in [5.74, 6) is 1.37. The first kappa shape index (κ1) is 19.0. The van der Waals surface area contributed by atoms with Gasteiger partial charge in [-0.25, -0.2) is 9.37 Å². The Morgan fingerprint density at radius 3 is 2.86 bits per heavy atom. The van der Waals surface area contributed by atoms with Gasteiger partial charge in [-0.2, -0.15) is 0 Å². The number of para-hydroxylation sites is 1. The van der Waals surface area contributed by atoms with Crippen molar-refractivity contribution in [2.75, 3.05) is 17.2 Å². The minimum atomic E-state index is -0.295. The average Bonchev–Trinajstić information content (AvgIpc) is 3.03. The molecule has 144 valence electrons. The van der Waals surface area contributed by atoms with Gasteiger partial charge in [0.1, 0.15) is 23.2 Å². The van der Waals surface area contributed by atoms with Gasteiger partial charge in [0.25, 0.3) is 0 Å². The molecule has 1 aromatic heterocycles. The van der Waals surface area contributed by atoms with Gasteiger partial charge in [-0.3, -0.25) is 4.79 Å². The Morgan fingerprint density at radius 2 is 2.00 bits per heavy atom. The van der Waals surface area contributed by atoms with Crippen LogP contribution in [0.4, 0.5) is 10.1 Å². The summed E-state index contributed by atoms with van der Waals surface area (Å²) in [6.07, 6.45) is 1.24. The number of rotatable bonds is 5. The number of thioether (sulfide) groups is 1. The molecule has 0 saturated carbocycles. The fraction of sp³-hybridized carbons (Fsp3) is 0.238. The van der Waals surface area contributed by atoms with E-state index in [-0.39, 0.29) is 18.1 Å². The Bertz CT molecular complexity index is 959. The molecule has 28 heavy (non-hydrogen) atoms. The summed E-state index contributed by atoms with van der Waals surface area (Å²) in [4.78, 5) is 20.5. The highest BCUT2D eigenvalue weighted by molar-refractivity contribution is 7.99. The Morgan fingerprint density at radius 1 is 1.18 bits per heavy atom. The summed E-state index contributed by atoms with van der Waals surface area (Å²) in [5, 5.41) is 2.69. The summed E-state index contributed by atoms with van der Waals surface area (Å²) >= 11 is 3.26. The number of thiazole rings is 1. The number of nitrogens with zero attached hydrogens (tertiary/aromatic N) is 2. The van der Waals surface area contributed by atoms with Gasteiger partial charge >= 0.3 is 0 Å². The summed E-state index contributed by atoms with van der Waals surface area (Å²) < 4.78 is 18.6. The van der Waals surface area contributed by atoms with E-state index < -0.39 is 0 Å². The maximum Gasteiger partial charge on any atom is 0.233 e. The monoisotopic (exact) mass is 414 g/mol. The van der Waals surface area contributed by atoms with Crippen LogP contribution in [0.3, 0.4) is 0 Å². The SMILES string of the molecule is O=C(Cc1csc(COc2ccc(F)cc2)n1)N1CCCSc2ccccc21. The molecular weight excluding hydrogens is 395 g/mol. The minimum absolute atomic E-state index is 0.0613. The first-order chi connectivity index (χ1) is 13.7. The van der Waals surface area contributed by atoms with Crippen LogP contribution in [0.15, 0.2) is 58.8 Å². The predicted octanol–water partition coefficient (Wildman–Crippen LogP) is 4.93. The summed E-state index contributed by atoms with van der Waals surface area (Å²) in [6.45, 7) is 1.03. The third-order valence-electron chi connectivity index (χ3n) is 4.35. The van der Waals surface area contributed by atoms with E-state index in [2.05, 4.69) is 11.1 Å². The first-order valence-corrected chi connectivity index (χ1v) is 10.9. The minimum Gasteiger partial charge on any atom is -0.486 e. The molecule has 1 aliphatic rings. The number of hydrogen-bond donors (Lipinski definition) is 0. The molecule has 4 nitrogen and oxygen atoms in total. The van der Waals surface area contributed by atoms with Gasteiger partial charge in [-0.05, 0) is 48.6 Å². The molecule has 0 saturated heterocycles. The average molecular weight is 415 g/mol. The van der Waals surface area contributed by atoms with Crippen LogP contribution in [-0.4, -0.2) is 23.2 Å². The smallest absolute Gasteiger partial charge is 0.233 e. The lowest BCUT2D eigenvalue weighted by Gasteiger charge is -2.22. The van der Waals surface area contributed by atoms with E-state index in [0.29, 0.717) is 12.4 Å². The molecule has 0 unspecified atom stereocenters. The zero-order valence-electron chi connectivity index (χ0n) is 15.1. The zero-order chi connectivity index (χ0) is 19.3. The van der Waals surface area contributed by atoms with Crippen molar-refractivity contribution in [3.8, 4) is 5.75 Å². The molecular formula is C21H19FN2O2S2. The van der Waals surface area contributed by atoms with E-state index >= 15 is 0 Å². The number of halogens is 1. The van der Waals surface area contributed by atoms with Crippen LogP contribution in [0.1, 0.15) is 17.1 Å². The number of fused-ring (bicyclic) bond motifs is 1. The Balaban J connectivity index is 1.39. The number of amides is 1. The quantitative estimate of drug-likeness (QED) is 0.594. The molecule has 3 aromatic rings. The third kappa shape index (κ3) is 4.54. The molecule has 2 aromatic carbocycles. The molecule has 0 aliphatic carbocycles. The number of hydrogen-bond acceptors (Lipinski definition) is 5. The van der Waals surface area contributed by atoms with Crippen LogP contribution in [0.2, 0.25) is 0 Å². The molecule has 0 bridgehead atoms. The van der Waals surface area contributed by atoms with Crippen molar-refractivity contribution < 1.29 is 13.9 Å². The molecule has 0 N–H and O–H groups in total. The summed E-state index contributed by atoms with van der Waals surface area (Å²) in [6, 6.07) is 13.9. The fourth-order valence-corrected chi connectivity index (χ4v) is 4.71. The second-order valence-corrected chi connectivity index (χ2v) is 8.45. The largest absolute Gasteiger partial charge is 0.486 e. The topological polar surface area (TPSA) is 42.4 Å². The second-order valence-electron chi connectivity index (χ2n) is 6.37. The third-order valence-corrected chi connectivity index (χ3v) is 6.37. The van der Waals surface area contributed by atoms with Crippen molar-refractivity contribution >= 4 is 34.7 Å². The Hall–Kier alpha value is -2.38. The molecule has 1 amide bonds. The highest BCUT2D eigenvalue weighted by Crippen LogP contribution is 2.33. The van der Waals surface area contributed by atoms with Crippen LogP contribution >= 0.6 is 23.1 Å². The van der Waals surface area contributed by atoms with Gasteiger partial charge in [-0.1, -0.05) is 12.1 Å². The highest BCUT2D eigenvalue weighted by atomic mass is 32.2. The first-order valence-electron chi connectivity index (χ1n) is 9.03. The van der Waals surface area contributed by atoms with Gasteiger partial charge in [0.05, 0.1) is 17.8 Å². The predicted molar refractivity (Wildman–Crippen MR) is 111 cm³/mol. The molecule has 0 radical (unpaired) electrons. The van der Waals surface area contributed by atoms with E-state index in [0.717, 1.165) is 40.0 Å². The van der Waals surface area contributed by atoms with Crippen LogP contribution in [0.5, 0.6) is 5.75 Å². The maximum absolute atomic E-state index is 12.9. The molecule has 0 spiro atoms. The van der Waals surface area contributed by atoms with Crippen molar-refractivity contribution in [3.05, 3.63) is 70.4 Å². The van der Waals surface area contributed by atoms with Crippen LogP contribution in [0, 0.1) is 5.82 Å². The normalized spacial score (nSPS) is 13.7. The van der Waals surface area contributed by atoms with E-state index in [1.807, 2.05) is 28.5 Å². The van der Waals surface area contributed by atoms with Crippen LogP contribution < -0.4 is 9.64 Å². The van der Waals surface area contributed by atoms with Crippen molar-refractivity contribution in [1.82, 2.24) is 4.98 Å². The standard InChI is InChI=1S/C21H19FN2O2S2/c22-15-6-8-17(9-7-15)26-13-20-23-16(14-28-20)12-21(25)24-10-3-11-27-19-5-2-1-4-18(19)24/h1-2,4-9,14H,3,10-13H2.